The second kappa shape index (κ2) is 10.3. The number of thioether (sulfide) groups is 1. The smallest absolute Gasteiger partial charge is 0.134 e. The number of carbonyl (C=O) groups is 2. The number of rotatable bonds is 11. The van der Waals surface area contributed by atoms with Crippen molar-refractivity contribution in [2.24, 2.45) is 0 Å². The molecule has 0 amide bonds. The maximum atomic E-state index is 10.6. The molecule has 6 heteroatoms. The molecule has 5 nitrogen and oxygen atoms in total. The van der Waals surface area contributed by atoms with Crippen LogP contribution in [0, 0.1) is 0 Å². The fourth-order valence-electron chi connectivity index (χ4n) is 1.53. The minimum atomic E-state index is -1.20. The summed E-state index contributed by atoms with van der Waals surface area (Å²) in [6, 6.07) is -0.813. The average Bonchev–Trinajstić information content (AvgIpc) is 2.33. The Kier molecular flexibility index (Phi) is 10.0. The summed E-state index contributed by atoms with van der Waals surface area (Å²) in [4.78, 5) is 21.1. The van der Waals surface area contributed by atoms with Gasteiger partial charge in [-0.05, 0) is 6.42 Å². The fourth-order valence-corrected chi connectivity index (χ4v) is 2.72. The van der Waals surface area contributed by atoms with E-state index in [0.29, 0.717) is 6.42 Å². The van der Waals surface area contributed by atoms with Gasteiger partial charge in [-0.2, -0.15) is 0 Å². The van der Waals surface area contributed by atoms with Gasteiger partial charge in [-0.15, -0.1) is 11.8 Å². The summed E-state index contributed by atoms with van der Waals surface area (Å²) in [6.45, 7) is 2.08. The highest BCUT2D eigenvalue weighted by Crippen LogP contribution is 2.21. The van der Waals surface area contributed by atoms with Crippen LogP contribution in [0.1, 0.15) is 39.0 Å². The lowest BCUT2D eigenvalue weighted by Crippen LogP contribution is -2.69. The molecule has 0 aliphatic heterocycles. The highest BCUT2D eigenvalue weighted by atomic mass is 32.2. The third kappa shape index (κ3) is 7.68. The minimum absolute atomic E-state index is 0.234. The predicted octanol–water partition coefficient (Wildman–Crippen LogP) is -1.02. The van der Waals surface area contributed by atoms with E-state index in [1.165, 1.54) is 11.8 Å². The molecule has 106 valence electrons. The van der Waals surface area contributed by atoms with Crippen molar-refractivity contribution in [1.82, 2.24) is 0 Å². The van der Waals surface area contributed by atoms with Gasteiger partial charge in [0.05, 0.1) is 17.8 Å². The zero-order valence-electron chi connectivity index (χ0n) is 10.8. The van der Waals surface area contributed by atoms with Crippen LogP contribution in [0.2, 0.25) is 0 Å². The number of carbonyl (C=O) groups excluding carboxylic acids is 2. The van der Waals surface area contributed by atoms with Crippen LogP contribution in [0.3, 0.4) is 0 Å². The molecule has 0 aliphatic rings. The first-order valence-electron chi connectivity index (χ1n) is 6.30. The third-order valence-electron chi connectivity index (χ3n) is 2.71. The van der Waals surface area contributed by atoms with E-state index in [0.717, 1.165) is 25.5 Å². The average molecular weight is 277 g/mol. The molecule has 0 rings (SSSR count). The van der Waals surface area contributed by atoms with Gasteiger partial charge in [-0.3, -0.25) is 0 Å². The van der Waals surface area contributed by atoms with Crippen LogP contribution in [-0.2, 0) is 9.59 Å². The molecule has 0 aromatic rings. The molecular formula is C12H23NO4S. The summed E-state index contributed by atoms with van der Waals surface area (Å²) >= 11 is 1.28. The zero-order chi connectivity index (χ0) is 14.0. The first-order chi connectivity index (χ1) is 8.52. The summed E-state index contributed by atoms with van der Waals surface area (Å²) in [5.74, 6) is -0.945. The SMILES string of the molecule is CCCCCC(O)C(CC=O)SC[C@H]([NH3+])C(=O)[O-]. The van der Waals surface area contributed by atoms with Crippen molar-refractivity contribution < 1.29 is 25.5 Å². The van der Waals surface area contributed by atoms with Gasteiger partial charge in [0.2, 0.25) is 0 Å². The monoisotopic (exact) mass is 277 g/mol. The molecule has 0 spiro atoms. The lowest BCUT2D eigenvalue weighted by atomic mass is 10.1. The van der Waals surface area contributed by atoms with Crippen LogP contribution >= 0.6 is 11.8 Å². The van der Waals surface area contributed by atoms with Crippen molar-refractivity contribution in [2.75, 3.05) is 5.75 Å². The molecule has 4 N–H and O–H groups in total. The number of aliphatic carboxylic acids is 1. The Morgan fingerprint density at radius 2 is 2.17 bits per heavy atom. The van der Waals surface area contributed by atoms with Gasteiger partial charge in [0, 0.05) is 11.7 Å². The molecule has 0 aromatic heterocycles. The lowest BCUT2D eigenvalue weighted by molar-refractivity contribution is -0.431. The summed E-state index contributed by atoms with van der Waals surface area (Å²) in [5.41, 5.74) is 3.45. The number of aliphatic hydroxyl groups excluding tert-OH is 1. The van der Waals surface area contributed by atoms with Crippen molar-refractivity contribution in [3.63, 3.8) is 0 Å². The van der Waals surface area contributed by atoms with Gasteiger partial charge in [0.15, 0.2) is 0 Å². The van der Waals surface area contributed by atoms with Gasteiger partial charge in [-0.25, -0.2) is 0 Å². The number of unbranched alkanes of at least 4 members (excludes halogenated alkanes) is 2. The molecule has 0 heterocycles. The number of aliphatic hydroxyl groups is 1. The summed E-state index contributed by atoms with van der Waals surface area (Å²) < 4.78 is 0. The molecule has 0 saturated heterocycles. The molecule has 0 bridgehead atoms. The second-order valence-electron chi connectivity index (χ2n) is 4.35. The maximum absolute atomic E-state index is 10.6. The van der Waals surface area contributed by atoms with Crippen LogP contribution in [-0.4, -0.2) is 40.5 Å². The number of aldehydes is 1. The Morgan fingerprint density at radius 1 is 1.50 bits per heavy atom. The Balaban J connectivity index is 4.10. The number of hydrogen-bond acceptors (Lipinski definition) is 5. The van der Waals surface area contributed by atoms with Crippen molar-refractivity contribution in [1.29, 1.82) is 0 Å². The molecule has 0 saturated carbocycles. The van der Waals surface area contributed by atoms with Crippen LogP contribution in [0.4, 0.5) is 0 Å². The lowest BCUT2D eigenvalue weighted by Gasteiger charge is -2.21. The molecule has 2 unspecified atom stereocenters. The third-order valence-corrected chi connectivity index (χ3v) is 4.24. The summed E-state index contributed by atoms with van der Waals surface area (Å²) in [6.07, 6.45) is 4.11. The van der Waals surface area contributed by atoms with E-state index in [1.54, 1.807) is 0 Å². The van der Waals surface area contributed by atoms with Gasteiger partial charge in [0.1, 0.15) is 12.3 Å². The Labute approximate surface area is 112 Å². The van der Waals surface area contributed by atoms with E-state index in [-0.39, 0.29) is 17.4 Å². The Hall–Kier alpha value is -0.590. The number of hydrogen-bond donors (Lipinski definition) is 2. The summed E-state index contributed by atoms with van der Waals surface area (Å²) in [5, 5.41) is 20.2. The molecule has 18 heavy (non-hydrogen) atoms. The number of carboxylic acid groups (broad SMARTS) is 1. The van der Waals surface area contributed by atoms with Gasteiger partial charge < -0.3 is 25.5 Å². The van der Waals surface area contributed by atoms with Crippen molar-refractivity contribution in [3.05, 3.63) is 0 Å². The zero-order valence-corrected chi connectivity index (χ0v) is 11.7. The Bertz CT molecular complexity index is 250. The van der Waals surface area contributed by atoms with Crippen molar-refractivity contribution >= 4 is 24.0 Å². The molecule has 0 aromatic carbocycles. The van der Waals surface area contributed by atoms with E-state index in [1.807, 2.05) is 0 Å². The van der Waals surface area contributed by atoms with Gasteiger partial charge in [-0.1, -0.05) is 26.2 Å². The normalized spacial score (nSPS) is 15.9. The standard InChI is InChI=1S/C12H23NO4S/c1-2-3-4-5-10(15)11(6-7-14)18-8-9(13)12(16)17/h7,9-11,15H,2-6,8,13H2,1H3,(H,16,17)/t9-,10?,11?/m0/s1. The molecule has 0 radical (unpaired) electrons. The largest absolute Gasteiger partial charge is 0.544 e. The van der Waals surface area contributed by atoms with E-state index < -0.39 is 18.1 Å². The topological polar surface area (TPSA) is 105 Å². The van der Waals surface area contributed by atoms with Gasteiger partial charge >= 0.3 is 0 Å². The van der Waals surface area contributed by atoms with Crippen LogP contribution in [0.5, 0.6) is 0 Å². The molecule has 0 fully saturated rings. The van der Waals surface area contributed by atoms with E-state index >= 15 is 0 Å². The van der Waals surface area contributed by atoms with E-state index in [4.69, 9.17) is 0 Å². The predicted molar refractivity (Wildman–Crippen MR) is 68.8 cm³/mol. The highest BCUT2D eigenvalue weighted by Gasteiger charge is 2.21. The van der Waals surface area contributed by atoms with Crippen LogP contribution in [0.15, 0.2) is 0 Å². The van der Waals surface area contributed by atoms with E-state index in [2.05, 4.69) is 12.7 Å². The van der Waals surface area contributed by atoms with E-state index in [9.17, 15) is 19.8 Å². The maximum Gasteiger partial charge on any atom is 0.134 e. The number of quaternary nitrogens is 1. The first-order valence-corrected chi connectivity index (χ1v) is 7.35. The van der Waals surface area contributed by atoms with Gasteiger partial charge in [0.25, 0.3) is 0 Å². The summed E-state index contributed by atoms with van der Waals surface area (Å²) in [7, 11) is 0. The first kappa shape index (κ1) is 17.4. The van der Waals surface area contributed by atoms with Crippen molar-refractivity contribution in [2.45, 2.75) is 56.4 Å². The fraction of sp³-hybridized carbons (Fsp3) is 0.833. The Morgan fingerprint density at radius 3 is 2.67 bits per heavy atom. The van der Waals surface area contributed by atoms with Crippen molar-refractivity contribution in [3.8, 4) is 0 Å². The van der Waals surface area contributed by atoms with Crippen LogP contribution in [0.25, 0.3) is 0 Å². The van der Waals surface area contributed by atoms with Crippen LogP contribution < -0.4 is 10.8 Å². The highest BCUT2D eigenvalue weighted by molar-refractivity contribution is 8.00. The quantitative estimate of drug-likeness (QED) is 0.371. The number of carboxylic acids is 1. The second-order valence-corrected chi connectivity index (χ2v) is 5.63. The molecule has 3 atom stereocenters. The molecule has 0 aliphatic carbocycles. The molecular weight excluding hydrogens is 254 g/mol. The minimum Gasteiger partial charge on any atom is -0.544 e.